The number of hydrogen-bond donors (Lipinski definition) is 1. The molecule has 0 atom stereocenters. The Bertz CT molecular complexity index is 382. The molecule has 1 fully saturated rings. The molecule has 1 saturated heterocycles. The number of hydrogen-bond acceptors (Lipinski definition) is 3. The van der Waals surface area contributed by atoms with Crippen LogP contribution < -0.4 is 5.32 Å². The lowest BCUT2D eigenvalue weighted by molar-refractivity contribution is 0.0943. The summed E-state index contributed by atoms with van der Waals surface area (Å²) in [5.41, 5.74) is 0.620. The van der Waals surface area contributed by atoms with Gasteiger partial charge in [-0.3, -0.25) is 9.48 Å². The summed E-state index contributed by atoms with van der Waals surface area (Å²) < 4.78 is 1.60. The number of aromatic nitrogens is 2. The molecule has 18 heavy (non-hydrogen) atoms. The highest BCUT2D eigenvalue weighted by Gasteiger charge is 2.11. The number of nitrogens with zero attached hydrogens (tertiary/aromatic N) is 3. The molecule has 1 N–H and O–H groups in total. The molecule has 0 aliphatic carbocycles. The van der Waals surface area contributed by atoms with Crippen molar-refractivity contribution in [2.24, 2.45) is 7.05 Å². The Kier molecular flexibility index (Phi) is 4.75. The number of carbonyl (C=O) groups excluding carboxylic acids is 1. The first kappa shape index (κ1) is 13.1. The van der Waals surface area contributed by atoms with E-state index in [4.69, 9.17) is 0 Å². The molecule has 1 aromatic heterocycles. The van der Waals surface area contributed by atoms with Crippen molar-refractivity contribution in [3.05, 3.63) is 18.0 Å². The van der Waals surface area contributed by atoms with Crippen LogP contribution >= 0.6 is 0 Å². The number of unbranched alkanes of at least 4 members (excludes halogenated alkanes) is 1. The standard InChI is InChI=1S/C13H22N4O/c1-16-12(6-8-15-16)13(18)14-7-2-3-9-17-10-4-5-11-17/h6,8H,2-5,7,9-11H2,1H3,(H,14,18). The lowest BCUT2D eigenvalue weighted by Gasteiger charge is -2.13. The van der Waals surface area contributed by atoms with E-state index in [-0.39, 0.29) is 5.91 Å². The minimum atomic E-state index is -0.0313. The zero-order valence-corrected chi connectivity index (χ0v) is 11.1. The van der Waals surface area contributed by atoms with Gasteiger partial charge in [-0.15, -0.1) is 0 Å². The fourth-order valence-corrected chi connectivity index (χ4v) is 2.36. The average Bonchev–Trinajstić information content (AvgIpc) is 2.99. The molecule has 1 aromatic rings. The maximum absolute atomic E-state index is 11.8. The van der Waals surface area contributed by atoms with Crippen LogP contribution in [0.3, 0.4) is 0 Å². The van der Waals surface area contributed by atoms with E-state index >= 15 is 0 Å². The van der Waals surface area contributed by atoms with Crippen LogP contribution in [0.1, 0.15) is 36.2 Å². The minimum absolute atomic E-state index is 0.0313. The molecule has 0 aromatic carbocycles. The summed E-state index contributed by atoms with van der Waals surface area (Å²) in [5.74, 6) is -0.0313. The molecule has 2 rings (SSSR count). The molecule has 5 heteroatoms. The fraction of sp³-hybridized carbons (Fsp3) is 0.692. The number of rotatable bonds is 6. The topological polar surface area (TPSA) is 50.2 Å². The van der Waals surface area contributed by atoms with E-state index in [9.17, 15) is 4.79 Å². The van der Waals surface area contributed by atoms with Crippen LogP contribution in [0, 0.1) is 0 Å². The second-order valence-corrected chi connectivity index (χ2v) is 4.85. The Balaban J connectivity index is 1.58. The third-order valence-corrected chi connectivity index (χ3v) is 3.44. The molecule has 0 saturated carbocycles. The summed E-state index contributed by atoms with van der Waals surface area (Å²) in [4.78, 5) is 14.3. The third-order valence-electron chi connectivity index (χ3n) is 3.44. The minimum Gasteiger partial charge on any atom is -0.351 e. The van der Waals surface area contributed by atoms with Gasteiger partial charge >= 0.3 is 0 Å². The van der Waals surface area contributed by atoms with E-state index < -0.39 is 0 Å². The van der Waals surface area contributed by atoms with Crippen LogP contribution in [-0.4, -0.2) is 46.8 Å². The van der Waals surface area contributed by atoms with E-state index in [1.54, 1.807) is 24.0 Å². The molecule has 1 aliphatic rings. The van der Waals surface area contributed by atoms with Crippen molar-refractivity contribution < 1.29 is 4.79 Å². The molecule has 5 nitrogen and oxygen atoms in total. The van der Waals surface area contributed by atoms with Gasteiger partial charge in [0.2, 0.25) is 0 Å². The van der Waals surface area contributed by atoms with Gasteiger partial charge in [0.25, 0.3) is 5.91 Å². The van der Waals surface area contributed by atoms with Crippen LogP contribution in [0.15, 0.2) is 12.3 Å². The largest absolute Gasteiger partial charge is 0.351 e. The SMILES string of the molecule is Cn1nccc1C(=O)NCCCCN1CCCC1. The fourth-order valence-electron chi connectivity index (χ4n) is 2.36. The molecular weight excluding hydrogens is 228 g/mol. The zero-order valence-electron chi connectivity index (χ0n) is 11.1. The predicted octanol–water partition coefficient (Wildman–Crippen LogP) is 1.03. The van der Waals surface area contributed by atoms with Gasteiger partial charge in [-0.2, -0.15) is 5.10 Å². The van der Waals surface area contributed by atoms with Crippen molar-refractivity contribution >= 4 is 5.91 Å². The van der Waals surface area contributed by atoms with Crippen LogP contribution in [0.25, 0.3) is 0 Å². The highest BCUT2D eigenvalue weighted by molar-refractivity contribution is 5.92. The second-order valence-electron chi connectivity index (χ2n) is 4.85. The second kappa shape index (κ2) is 6.54. The van der Waals surface area contributed by atoms with Crippen molar-refractivity contribution in [2.45, 2.75) is 25.7 Å². The first-order valence-corrected chi connectivity index (χ1v) is 6.76. The number of nitrogens with one attached hydrogen (secondary N) is 1. The number of carbonyl (C=O) groups is 1. The molecule has 1 amide bonds. The molecule has 0 radical (unpaired) electrons. The number of amides is 1. The maximum Gasteiger partial charge on any atom is 0.269 e. The zero-order chi connectivity index (χ0) is 12.8. The number of likely N-dealkylation sites (tertiary alicyclic amines) is 1. The molecule has 0 unspecified atom stereocenters. The molecule has 2 heterocycles. The van der Waals surface area contributed by atoms with Crippen molar-refractivity contribution in [2.75, 3.05) is 26.2 Å². The smallest absolute Gasteiger partial charge is 0.269 e. The highest BCUT2D eigenvalue weighted by atomic mass is 16.2. The number of aryl methyl sites for hydroxylation is 1. The van der Waals surface area contributed by atoms with Gasteiger partial charge in [-0.25, -0.2) is 0 Å². The lowest BCUT2D eigenvalue weighted by atomic mass is 10.3. The summed E-state index contributed by atoms with van der Waals surface area (Å²) in [6.07, 6.45) is 6.53. The predicted molar refractivity (Wildman–Crippen MR) is 70.4 cm³/mol. The van der Waals surface area contributed by atoms with E-state index in [1.165, 1.54) is 32.5 Å². The first-order valence-electron chi connectivity index (χ1n) is 6.76. The Hall–Kier alpha value is -1.36. The first-order chi connectivity index (χ1) is 8.77. The maximum atomic E-state index is 11.8. The summed E-state index contributed by atoms with van der Waals surface area (Å²) in [5, 5.41) is 6.92. The van der Waals surface area contributed by atoms with Crippen LogP contribution in [0.5, 0.6) is 0 Å². The Labute approximate surface area is 108 Å². The lowest BCUT2D eigenvalue weighted by Crippen LogP contribution is -2.27. The van der Waals surface area contributed by atoms with Gasteiger partial charge in [-0.1, -0.05) is 0 Å². The van der Waals surface area contributed by atoms with Crippen molar-refractivity contribution in [3.63, 3.8) is 0 Å². The highest BCUT2D eigenvalue weighted by Crippen LogP contribution is 2.07. The Morgan fingerprint density at radius 3 is 2.83 bits per heavy atom. The summed E-state index contributed by atoms with van der Waals surface area (Å²) in [6.45, 7) is 4.42. The summed E-state index contributed by atoms with van der Waals surface area (Å²) in [7, 11) is 1.78. The van der Waals surface area contributed by atoms with Crippen molar-refractivity contribution in [3.8, 4) is 0 Å². The van der Waals surface area contributed by atoms with Crippen LogP contribution in [0.4, 0.5) is 0 Å². The van der Waals surface area contributed by atoms with Gasteiger partial charge in [0.15, 0.2) is 0 Å². The van der Waals surface area contributed by atoms with Crippen LogP contribution in [0.2, 0.25) is 0 Å². The van der Waals surface area contributed by atoms with E-state index in [0.29, 0.717) is 5.69 Å². The van der Waals surface area contributed by atoms with Gasteiger partial charge < -0.3 is 10.2 Å². The van der Waals surface area contributed by atoms with E-state index in [0.717, 1.165) is 19.4 Å². The molecule has 1 aliphatic heterocycles. The molecule has 0 bridgehead atoms. The van der Waals surface area contributed by atoms with Gasteiger partial charge in [0.05, 0.1) is 0 Å². The normalized spacial score (nSPS) is 16.1. The quantitative estimate of drug-likeness (QED) is 0.767. The monoisotopic (exact) mass is 250 g/mol. The summed E-state index contributed by atoms with van der Waals surface area (Å²) in [6, 6.07) is 1.74. The molecule has 100 valence electrons. The third kappa shape index (κ3) is 3.57. The Morgan fingerprint density at radius 2 is 2.17 bits per heavy atom. The van der Waals surface area contributed by atoms with Crippen molar-refractivity contribution in [1.29, 1.82) is 0 Å². The van der Waals surface area contributed by atoms with Crippen LogP contribution in [-0.2, 0) is 7.05 Å². The van der Waals surface area contributed by atoms with Gasteiger partial charge in [0, 0.05) is 19.8 Å². The van der Waals surface area contributed by atoms with E-state index in [1.807, 2.05) is 0 Å². The van der Waals surface area contributed by atoms with Gasteiger partial charge in [-0.05, 0) is 51.4 Å². The molecule has 0 spiro atoms. The molecular formula is C13H22N4O. The summed E-state index contributed by atoms with van der Waals surface area (Å²) >= 11 is 0. The average molecular weight is 250 g/mol. The van der Waals surface area contributed by atoms with Crippen molar-refractivity contribution in [1.82, 2.24) is 20.0 Å². The Morgan fingerprint density at radius 1 is 1.39 bits per heavy atom. The van der Waals surface area contributed by atoms with E-state index in [2.05, 4.69) is 15.3 Å². The van der Waals surface area contributed by atoms with Gasteiger partial charge in [0.1, 0.15) is 5.69 Å².